The molecule has 110 valence electrons. The number of carbonyl (C=O) groups is 1. The summed E-state index contributed by atoms with van der Waals surface area (Å²) in [7, 11) is 0. The minimum atomic E-state index is -0.317. The quantitative estimate of drug-likeness (QED) is 0.866. The van der Waals surface area contributed by atoms with Gasteiger partial charge in [0.05, 0.1) is 0 Å². The zero-order valence-corrected chi connectivity index (χ0v) is 12.7. The lowest BCUT2D eigenvalue weighted by molar-refractivity contribution is -0.119. The Morgan fingerprint density at radius 2 is 2.15 bits per heavy atom. The van der Waals surface area contributed by atoms with Crippen molar-refractivity contribution in [2.45, 2.75) is 58.2 Å². The van der Waals surface area contributed by atoms with E-state index >= 15 is 0 Å². The van der Waals surface area contributed by atoms with E-state index in [1.807, 2.05) is 13.8 Å². The van der Waals surface area contributed by atoms with Gasteiger partial charge >= 0.3 is 0 Å². The van der Waals surface area contributed by atoms with Crippen molar-refractivity contribution in [2.24, 2.45) is 5.73 Å². The Morgan fingerprint density at radius 3 is 2.80 bits per heavy atom. The topological polar surface area (TPSA) is 64.4 Å². The Labute approximate surface area is 120 Å². The van der Waals surface area contributed by atoms with Crippen LogP contribution in [-0.2, 0) is 17.8 Å². The molecular formula is C16H24N2O2. The fourth-order valence-corrected chi connectivity index (χ4v) is 2.65. The van der Waals surface area contributed by atoms with Crippen molar-refractivity contribution in [1.29, 1.82) is 0 Å². The van der Waals surface area contributed by atoms with Crippen LogP contribution in [0.5, 0.6) is 5.75 Å². The van der Waals surface area contributed by atoms with Gasteiger partial charge in [-0.25, -0.2) is 0 Å². The Balaban J connectivity index is 2.09. The van der Waals surface area contributed by atoms with Gasteiger partial charge in [0.15, 0.2) is 0 Å². The van der Waals surface area contributed by atoms with Gasteiger partial charge in [0, 0.05) is 30.5 Å². The van der Waals surface area contributed by atoms with Gasteiger partial charge in [0.25, 0.3) is 0 Å². The van der Waals surface area contributed by atoms with E-state index in [9.17, 15) is 4.79 Å². The third kappa shape index (κ3) is 3.51. The molecule has 1 aromatic carbocycles. The molecule has 1 heterocycles. The number of carbonyl (C=O) groups excluding carboxylic acids is 1. The minimum Gasteiger partial charge on any atom is -0.487 e. The van der Waals surface area contributed by atoms with Crippen LogP contribution >= 0.6 is 0 Å². The number of amides is 1. The maximum absolute atomic E-state index is 11.1. The molecule has 1 aromatic rings. The first-order chi connectivity index (χ1) is 9.19. The number of hydrogen-bond donors (Lipinski definition) is 2. The molecular weight excluding hydrogens is 252 g/mol. The molecule has 0 aromatic heterocycles. The third-order valence-electron chi connectivity index (χ3n) is 3.55. The third-order valence-corrected chi connectivity index (χ3v) is 3.55. The first kappa shape index (κ1) is 14.9. The van der Waals surface area contributed by atoms with Crippen molar-refractivity contribution >= 4 is 5.91 Å². The van der Waals surface area contributed by atoms with E-state index in [2.05, 4.69) is 37.4 Å². The Morgan fingerprint density at radius 1 is 1.45 bits per heavy atom. The van der Waals surface area contributed by atoms with Crippen LogP contribution in [0.3, 0.4) is 0 Å². The van der Waals surface area contributed by atoms with E-state index < -0.39 is 0 Å². The molecule has 20 heavy (non-hydrogen) atoms. The van der Waals surface area contributed by atoms with Crippen molar-refractivity contribution in [1.82, 2.24) is 5.32 Å². The van der Waals surface area contributed by atoms with Crippen LogP contribution in [0.1, 0.15) is 45.2 Å². The molecule has 0 saturated carbocycles. The number of nitrogens with one attached hydrogen (secondary N) is 1. The molecule has 2 rings (SSSR count). The number of ether oxygens (including phenoxy) is 1. The highest BCUT2D eigenvalue weighted by Gasteiger charge is 2.31. The molecule has 0 atom stereocenters. The molecule has 0 unspecified atom stereocenters. The first-order valence-corrected chi connectivity index (χ1v) is 7.02. The zero-order valence-electron chi connectivity index (χ0n) is 12.7. The molecule has 0 saturated heterocycles. The van der Waals surface area contributed by atoms with Crippen LogP contribution in [-0.4, -0.2) is 17.0 Å². The van der Waals surface area contributed by atoms with Crippen LogP contribution in [0.4, 0.5) is 0 Å². The maximum atomic E-state index is 11.1. The summed E-state index contributed by atoms with van der Waals surface area (Å²) < 4.78 is 6.04. The zero-order chi connectivity index (χ0) is 15.0. The molecule has 4 nitrogen and oxygen atoms in total. The number of para-hydroxylation sites is 1. The van der Waals surface area contributed by atoms with Gasteiger partial charge < -0.3 is 15.8 Å². The van der Waals surface area contributed by atoms with Crippen LogP contribution in [0.15, 0.2) is 18.2 Å². The molecule has 1 aliphatic rings. The molecule has 0 spiro atoms. The highest BCUT2D eigenvalue weighted by atomic mass is 16.5. The monoisotopic (exact) mass is 276 g/mol. The van der Waals surface area contributed by atoms with Gasteiger partial charge in [-0.2, -0.15) is 0 Å². The molecule has 3 N–H and O–H groups in total. The van der Waals surface area contributed by atoms with E-state index in [0.29, 0.717) is 13.0 Å². The van der Waals surface area contributed by atoms with Crippen molar-refractivity contribution in [3.8, 4) is 5.75 Å². The predicted octanol–water partition coefficient (Wildman–Crippen LogP) is 2.14. The molecule has 1 amide bonds. The van der Waals surface area contributed by atoms with Crippen molar-refractivity contribution in [2.75, 3.05) is 0 Å². The number of hydrogen-bond acceptors (Lipinski definition) is 3. The Hall–Kier alpha value is -1.55. The van der Waals surface area contributed by atoms with Crippen molar-refractivity contribution in [3.05, 3.63) is 29.3 Å². The molecule has 0 fully saturated rings. The summed E-state index contributed by atoms with van der Waals surface area (Å²) in [5.41, 5.74) is 7.20. The first-order valence-electron chi connectivity index (χ1n) is 7.02. The fourth-order valence-electron chi connectivity index (χ4n) is 2.65. The Bertz CT molecular complexity index is 521. The fraction of sp³-hybridized carbons (Fsp3) is 0.562. The van der Waals surface area contributed by atoms with E-state index in [4.69, 9.17) is 10.5 Å². The lowest BCUT2D eigenvalue weighted by atomic mass is 9.98. The van der Waals surface area contributed by atoms with E-state index in [1.165, 1.54) is 5.56 Å². The van der Waals surface area contributed by atoms with Gasteiger partial charge in [0.2, 0.25) is 5.91 Å². The highest BCUT2D eigenvalue weighted by Crippen LogP contribution is 2.37. The Kier molecular flexibility index (Phi) is 3.78. The summed E-state index contributed by atoms with van der Waals surface area (Å²) in [6, 6.07) is 6.23. The summed E-state index contributed by atoms with van der Waals surface area (Å²) in [5.74, 6) is 0.693. The summed E-state index contributed by atoms with van der Waals surface area (Å²) in [6.45, 7) is 8.82. The summed E-state index contributed by atoms with van der Waals surface area (Å²) in [5, 5.41) is 3.38. The normalized spacial score (nSPS) is 16.6. The summed E-state index contributed by atoms with van der Waals surface area (Å²) >= 11 is 0. The van der Waals surface area contributed by atoms with Crippen LogP contribution in [0, 0.1) is 0 Å². The van der Waals surface area contributed by atoms with Gasteiger partial charge in [-0.1, -0.05) is 18.2 Å². The molecule has 4 heteroatoms. The number of benzene rings is 1. The second-order valence-corrected chi connectivity index (χ2v) is 6.82. The lowest BCUT2D eigenvalue weighted by Gasteiger charge is -2.25. The second kappa shape index (κ2) is 5.09. The predicted molar refractivity (Wildman–Crippen MR) is 79.6 cm³/mol. The van der Waals surface area contributed by atoms with Gasteiger partial charge in [0.1, 0.15) is 11.4 Å². The summed E-state index contributed by atoms with van der Waals surface area (Å²) in [4.78, 5) is 11.1. The van der Waals surface area contributed by atoms with E-state index in [1.54, 1.807) is 0 Å². The van der Waals surface area contributed by atoms with E-state index in [0.717, 1.165) is 17.7 Å². The summed E-state index contributed by atoms with van der Waals surface area (Å²) in [6.07, 6.45) is 1.25. The standard InChI is InChI=1S/C16H24N2O2/c1-15(2,9-13(17)19)18-10-12-7-5-6-11-8-16(3,4)20-14(11)12/h5-7,18H,8-10H2,1-4H3,(H2,17,19). The maximum Gasteiger partial charge on any atom is 0.219 e. The largest absolute Gasteiger partial charge is 0.487 e. The van der Waals surface area contributed by atoms with Gasteiger partial charge in [-0.3, -0.25) is 4.79 Å². The van der Waals surface area contributed by atoms with Gasteiger partial charge in [-0.15, -0.1) is 0 Å². The molecule has 0 aliphatic carbocycles. The highest BCUT2D eigenvalue weighted by molar-refractivity contribution is 5.75. The number of nitrogens with two attached hydrogens (primary N) is 1. The number of primary amides is 1. The molecule has 1 aliphatic heterocycles. The second-order valence-electron chi connectivity index (χ2n) is 6.82. The lowest BCUT2D eigenvalue weighted by Crippen LogP contribution is -2.42. The van der Waals surface area contributed by atoms with Gasteiger partial charge in [-0.05, 0) is 33.3 Å². The minimum absolute atomic E-state index is 0.138. The molecule has 0 bridgehead atoms. The smallest absolute Gasteiger partial charge is 0.219 e. The molecule has 0 radical (unpaired) electrons. The van der Waals surface area contributed by atoms with Crippen LogP contribution in [0.2, 0.25) is 0 Å². The average Bonchev–Trinajstić information content (AvgIpc) is 2.58. The average molecular weight is 276 g/mol. The van der Waals surface area contributed by atoms with Crippen molar-refractivity contribution < 1.29 is 9.53 Å². The van der Waals surface area contributed by atoms with E-state index in [-0.39, 0.29) is 17.0 Å². The van der Waals surface area contributed by atoms with Crippen LogP contribution < -0.4 is 15.8 Å². The SMILES string of the molecule is CC(C)(CC(N)=O)NCc1cccc2c1OC(C)(C)C2. The van der Waals surface area contributed by atoms with Crippen molar-refractivity contribution in [3.63, 3.8) is 0 Å². The number of rotatable bonds is 5. The van der Waals surface area contributed by atoms with Crippen LogP contribution in [0.25, 0.3) is 0 Å². The number of fused-ring (bicyclic) bond motifs is 1.